The molecule has 0 saturated heterocycles. The summed E-state index contributed by atoms with van der Waals surface area (Å²) in [5.74, 6) is 3.58. The molecule has 1 rings (SSSR count). The lowest BCUT2D eigenvalue weighted by Gasteiger charge is -2.11. The predicted octanol–water partition coefficient (Wildman–Crippen LogP) is 3.66. The molecule has 0 atom stereocenters. The van der Waals surface area contributed by atoms with Crippen LogP contribution in [0.15, 0.2) is 34.8 Å². The minimum Gasteiger partial charge on any atom is -0.378 e. The van der Waals surface area contributed by atoms with Gasteiger partial charge >= 0.3 is 0 Å². The van der Waals surface area contributed by atoms with Crippen LogP contribution in [0.4, 0.5) is 11.4 Å². The third-order valence-corrected chi connectivity index (χ3v) is 2.59. The van der Waals surface area contributed by atoms with Crippen molar-refractivity contribution in [2.45, 2.75) is 20.8 Å². The van der Waals surface area contributed by atoms with Crippen molar-refractivity contribution in [2.75, 3.05) is 19.0 Å². The van der Waals surface area contributed by atoms with Crippen LogP contribution in [0.5, 0.6) is 0 Å². The van der Waals surface area contributed by atoms with Gasteiger partial charge in [-0.05, 0) is 48.6 Å². The van der Waals surface area contributed by atoms with E-state index in [0.717, 1.165) is 5.69 Å². The molecule has 16 heavy (non-hydrogen) atoms. The van der Waals surface area contributed by atoms with Gasteiger partial charge in [0.25, 0.3) is 0 Å². The van der Waals surface area contributed by atoms with Gasteiger partial charge in [-0.3, -0.25) is 0 Å². The Morgan fingerprint density at radius 3 is 2.19 bits per heavy atom. The monoisotopic (exact) mass is 216 g/mol. The Labute approximate surface area is 98.3 Å². The van der Waals surface area contributed by atoms with Crippen LogP contribution in [-0.2, 0) is 0 Å². The van der Waals surface area contributed by atoms with Gasteiger partial charge in [0.15, 0.2) is 0 Å². The molecule has 1 aromatic carbocycles. The van der Waals surface area contributed by atoms with Crippen molar-refractivity contribution in [2.24, 2.45) is 10.9 Å². The quantitative estimate of drug-likeness (QED) is 0.704. The maximum atomic E-state index is 4.32. The lowest BCUT2D eigenvalue weighted by Crippen LogP contribution is -2.07. The van der Waals surface area contributed by atoms with E-state index in [1.807, 2.05) is 26.2 Å². The molecule has 0 aromatic heterocycles. The fourth-order valence-corrected chi connectivity index (χ4v) is 1.11. The maximum Gasteiger partial charge on any atom is 0.0731 e. The smallest absolute Gasteiger partial charge is 0.0731 e. The van der Waals surface area contributed by atoms with Crippen molar-refractivity contribution >= 4 is 17.2 Å². The van der Waals surface area contributed by atoms with Gasteiger partial charge in [0.1, 0.15) is 0 Å². The summed E-state index contributed by atoms with van der Waals surface area (Å²) in [5.41, 5.74) is 3.31. The SMILES string of the molecule is CC(=C=Nc1ccc(N(C)C)cc1)C(C)C. The zero-order valence-electron chi connectivity index (χ0n) is 10.8. The first-order valence-corrected chi connectivity index (χ1v) is 5.58. The normalized spacial score (nSPS) is 9.88. The molecule has 0 amide bonds. The fourth-order valence-electron chi connectivity index (χ4n) is 1.11. The largest absolute Gasteiger partial charge is 0.378 e. The lowest BCUT2D eigenvalue weighted by atomic mass is 10.1. The molecule has 2 heteroatoms. The molecule has 1 aromatic rings. The molecule has 0 aliphatic carbocycles. The van der Waals surface area contributed by atoms with E-state index in [0.29, 0.717) is 5.92 Å². The first kappa shape index (κ1) is 12.5. The van der Waals surface area contributed by atoms with Crippen LogP contribution < -0.4 is 4.90 Å². The molecule has 2 nitrogen and oxygen atoms in total. The topological polar surface area (TPSA) is 15.6 Å². The minimum absolute atomic E-state index is 0.504. The molecule has 0 aliphatic heterocycles. The fraction of sp³-hybridized carbons (Fsp3) is 0.429. The van der Waals surface area contributed by atoms with Crippen LogP contribution in [0.25, 0.3) is 0 Å². The summed E-state index contributed by atoms with van der Waals surface area (Å²) in [6.45, 7) is 6.35. The van der Waals surface area contributed by atoms with Crippen molar-refractivity contribution in [3.63, 3.8) is 0 Å². The highest BCUT2D eigenvalue weighted by Gasteiger charge is 1.95. The third-order valence-electron chi connectivity index (χ3n) is 2.59. The summed E-state index contributed by atoms with van der Waals surface area (Å²) in [6, 6.07) is 8.14. The molecule has 0 bridgehead atoms. The number of hydrogen-bond acceptors (Lipinski definition) is 2. The number of aliphatic imine (C=N–C) groups is 1. The van der Waals surface area contributed by atoms with Gasteiger partial charge in [-0.15, -0.1) is 0 Å². The Bertz CT molecular complexity index is 393. The minimum atomic E-state index is 0.504. The highest BCUT2D eigenvalue weighted by atomic mass is 15.1. The molecule has 0 N–H and O–H groups in total. The van der Waals surface area contributed by atoms with Gasteiger partial charge in [0, 0.05) is 19.8 Å². The second-order valence-corrected chi connectivity index (χ2v) is 4.47. The van der Waals surface area contributed by atoms with Gasteiger partial charge in [0.2, 0.25) is 0 Å². The third kappa shape index (κ3) is 3.56. The highest BCUT2D eigenvalue weighted by molar-refractivity contribution is 5.64. The number of allylic oxidation sites excluding steroid dienone is 1. The van der Waals surface area contributed by atoms with Crippen LogP contribution in [-0.4, -0.2) is 20.0 Å². The van der Waals surface area contributed by atoms with E-state index in [-0.39, 0.29) is 0 Å². The van der Waals surface area contributed by atoms with Crippen molar-refractivity contribution < 1.29 is 0 Å². The standard InChI is InChI=1S/C14H20N2/c1-11(2)12(3)10-15-13-6-8-14(9-7-13)16(4)5/h6-9,11H,1-5H3. The average molecular weight is 216 g/mol. The molecule has 0 saturated carbocycles. The zero-order valence-corrected chi connectivity index (χ0v) is 10.8. The van der Waals surface area contributed by atoms with Crippen LogP contribution in [0, 0.1) is 5.92 Å². The molecular formula is C14H20N2. The first-order chi connectivity index (χ1) is 7.50. The van der Waals surface area contributed by atoms with Gasteiger partial charge in [-0.1, -0.05) is 13.8 Å². The van der Waals surface area contributed by atoms with Crippen molar-refractivity contribution in [1.29, 1.82) is 0 Å². The summed E-state index contributed by atoms with van der Waals surface area (Å²) in [7, 11) is 4.06. The molecule has 0 fully saturated rings. The molecule has 0 unspecified atom stereocenters. The van der Waals surface area contributed by atoms with Gasteiger partial charge in [-0.25, -0.2) is 4.99 Å². The molecular weight excluding hydrogens is 196 g/mol. The highest BCUT2D eigenvalue weighted by Crippen LogP contribution is 2.17. The number of benzene rings is 1. The Kier molecular flexibility index (Phi) is 4.33. The number of hydrogen-bond donors (Lipinski definition) is 0. The van der Waals surface area contributed by atoms with Crippen molar-refractivity contribution in [1.82, 2.24) is 0 Å². The van der Waals surface area contributed by atoms with Gasteiger partial charge < -0.3 is 4.90 Å². The Hall–Kier alpha value is -1.53. The summed E-state index contributed by atoms with van der Waals surface area (Å²) < 4.78 is 0. The van der Waals surface area contributed by atoms with Gasteiger partial charge in [-0.2, -0.15) is 0 Å². The second kappa shape index (κ2) is 5.53. The summed E-state index contributed by atoms with van der Waals surface area (Å²) in [5, 5.41) is 0. The zero-order chi connectivity index (χ0) is 12.1. The van der Waals surface area contributed by atoms with Crippen molar-refractivity contribution in [3.05, 3.63) is 29.8 Å². The average Bonchev–Trinajstić information content (AvgIpc) is 2.26. The van der Waals surface area contributed by atoms with E-state index in [2.05, 4.69) is 48.7 Å². The van der Waals surface area contributed by atoms with Gasteiger partial charge in [0.05, 0.1) is 5.69 Å². The second-order valence-electron chi connectivity index (χ2n) is 4.47. The molecule has 0 heterocycles. The van der Waals surface area contributed by atoms with Crippen LogP contribution in [0.2, 0.25) is 0 Å². The summed E-state index contributed by atoms with van der Waals surface area (Å²) in [6.07, 6.45) is 0. The first-order valence-electron chi connectivity index (χ1n) is 5.58. The molecule has 86 valence electrons. The van der Waals surface area contributed by atoms with Crippen LogP contribution >= 0.6 is 0 Å². The lowest BCUT2D eigenvalue weighted by molar-refractivity contribution is 0.780. The summed E-state index contributed by atoms with van der Waals surface area (Å²) >= 11 is 0. The number of nitrogens with zero attached hydrogens (tertiary/aromatic N) is 2. The van der Waals surface area contributed by atoms with E-state index < -0.39 is 0 Å². The van der Waals surface area contributed by atoms with Crippen molar-refractivity contribution in [3.8, 4) is 0 Å². The van der Waals surface area contributed by atoms with E-state index in [1.165, 1.54) is 11.3 Å². The molecule has 0 radical (unpaired) electrons. The van der Waals surface area contributed by atoms with Crippen LogP contribution in [0.3, 0.4) is 0 Å². The maximum absolute atomic E-state index is 4.32. The Morgan fingerprint density at radius 1 is 1.19 bits per heavy atom. The van der Waals surface area contributed by atoms with E-state index in [1.54, 1.807) is 0 Å². The van der Waals surface area contributed by atoms with E-state index in [9.17, 15) is 0 Å². The number of anilines is 1. The molecule has 0 spiro atoms. The van der Waals surface area contributed by atoms with E-state index >= 15 is 0 Å². The molecule has 0 aliphatic rings. The van der Waals surface area contributed by atoms with E-state index in [4.69, 9.17) is 0 Å². The predicted molar refractivity (Wildman–Crippen MR) is 71.9 cm³/mol. The summed E-state index contributed by atoms with van der Waals surface area (Å²) in [4.78, 5) is 6.39. The Balaban J connectivity index is 2.88. The number of rotatable bonds is 3. The Morgan fingerprint density at radius 2 is 1.75 bits per heavy atom. The van der Waals surface area contributed by atoms with Crippen LogP contribution in [0.1, 0.15) is 20.8 Å².